The van der Waals surface area contributed by atoms with Crippen LogP contribution in [0, 0.1) is 0 Å². The Morgan fingerprint density at radius 2 is 2.38 bits per heavy atom. The molecule has 0 aromatic carbocycles. The van der Waals surface area contributed by atoms with Gasteiger partial charge in [0.05, 0.1) is 18.7 Å². The first-order valence-corrected chi connectivity index (χ1v) is 8.24. The summed E-state index contributed by atoms with van der Waals surface area (Å²) in [5, 5.41) is 5.55. The molecule has 0 unspecified atom stereocenters. The van der Waals surface area contributed by atoms with Crippen molar-refractivity contribution in [1.29, 1.82) is 0 Å². The topological polar surface area (TPSA) is 71.5 Å². The number of amides is 1. The number of hydrogen-bond donors (Lipinski definition) is 1. The lowest BCUT2D eigenvalue weighted by Crippen LogP contribution is -2.40. The maximum absolute atomic E-state index is 11.9. The van der Waals surface area contributed by atoms with Gasteiger partial charge in [-0.2, -0.15) is 0 Å². The van der Waals surface area contributed by atoms with Crippen molar-refractivity contribution < 1.29 is 14.3 Å². The Morgan fingerprint density at radius 1 is 1.52 bits per heavy atom. The van der Waals surface area contributed by atoms with Gasteiger partial charge >= 0.3 is 5.97 Å². The molecule has 0 bridgehead atoms. The van der Waals surface area contributed by atoms with Gasteiger partial charge < -0.3 is 10.1 Å². The zero-order valence-corrected chi connectivity index (χ0v) is 12.8. The van der Waals surface area contributed by atoms with Crippen LogP contribution in [0.3, 0.4) is 0 Å². The van der Waals surface area contributed by atoms with Crippen LogP contribution in [0.2, 0.25) is 0 Å². The van der Waals surface area contributed by atoms with Crippen molar-refractivity contribution >= 4 is 23.2 Å². The van der Waals surface area contributed by atoms with Crippen LogP contribution >= 0.6 is 11.3 Å². The fraction of sp³-hybridized carbons (Fsp3) is 0.643. The Balaban J connectivity index is 1.76. The third-order valence-electron chi connectivity index (χ3n) is 4.01. The molecule has 3 heterocycles. The number of hydrogen-bond acceptors (Lipinski definition) is 6. The van der Waals surface area contributed by atoms with Crippen LogP contribution in [0.4, 0.5) is 0 Å². The predicted octanol–water partition coefficient (Wildman–Crippen LogP) is 1.35. The second-order valence-corrected chi connectivity index (χ2v) is 6.17. The highest BCUT2D eigenvalue weighted by Gasteiger charge is 2.39. The van der Waals surface area contributed by atoms with Gasteiger partial charge in [0.2, 0.25) is 5.91 Å². The third kappa shape index (κ3) is 2.80. The van der Waals surface area contributed by atoms with Crippen LogP contribution in [0.5, 0.6) is 0 Å². The number of nitrogens with zero attached hydrogens (tertiary/aromatic N) is 2. The fourth-order valence-corrected chi connectivity index (χ4v) is 4.01. The molecule has 3 rings (SSSR count). The summed E-state index contributed by atoms with van der Waals surface area (Å²) in [5.74, 6) is -0.257. The lowest BCUT2D eigenvalue weighted by Gasteiger charge is -2.27. The number of ether oxygens (including phenoxy) is 1. The van der Waals surface area contributed by atoms with Gasteiger partial charge in [0.1, 0.15) is 5.01 Å². The molecule has 2 atom stereocenters. The normalized spacial score (nSPS) is 26.0. The van der Waals surface area contributed by atoms with Gasteiger partial charge in [-0.05, 0) is 32.7 Å². The minimum Gasteiger partial charge on any atom is -0.461 e. The summed E-state index contributed by atoms with van der Waals surface area (Å²) in [7, 11) is 0. The fourth-order valence-electron chi connectivity index (χ4n) is 3.06. The average Bonchev–Trinajstić information content (AvgIpc) is 3.17. The van der Waals surface area contributed by atoms with Gasteiger partial charge in [-0.15, -0.1) is 11.3 Å². The van der Waals surface area contributed by atoms with Crippen LogP contribution in [0.25, 0.3) is 0 Å². The second-order valence-electron chi connectivity index (χ2n) is 5.28. The van der Waals surface area contributed by atoms with E-state index >= 15 is 0 Å². The van der Waals surface area contributed by atoms with E-state index < -0.39 is 0 Å². The van der Waals surface area contributed by atoms with E-state index in [9.17, 15) is 9.59 Å². The van der Waals surface area contributed by atoms with E-state index in [0.29, 0.717) is 12.3 Å². The van der Waals surface area contributed by atoms with Crippen molar-refractivity contribution in [3.8, 4) is 0 Å². The van der Waals surface area contributed by atoms with Gasteiger partial charge in [0, 0.05) is 11.9 Å². The highest BCUT2D eigenvalue weighted by atomic mass is 32.1. The Hall–Kier alpha value is -1.47. The summed E-state index contributed by atoms with van der Waals surface area (Å²) < 4.78 is 4.98. The van der Waals surface area contributed by atoms with Crippen molar-refractivity contribution in [2.45, 2.75) is 38.3 Å². The van der Waals surface area contributed by atoms with Crippen molar-refractivity contribution in [2.24, 2.45) is 0 Å². The van der Waals surface area contributed by atoms with E-state index in [-0.39, 0.29) is 24.0 Å². The number of rotatable bonds is 4. The number of aromatic nitrogens is 1. The lowest BCUT2D eigenvalue weighted by molar-refractivity contribution is -0.124. The number of esters is 1. The van der Waals surface area contributed by atoms with Crippen LogP contribution in [0.1, 0.15) is 47.7 Å². The molecule has 114 valence electrons. The molecule has 6 nitrogen and oxygen atoms in total. The minimum absolute atomic E-state index is 0.0487. The Morgan fingerprint density at radius 3 is 3.10 bits per heavy atom. The summed E-state index contributed by atoms with van der Waals surface area (Å²) in [6.45, 7) is 3.79. The van der Waals surface area contributed by atoms with Crippen LogP contribution < -0.4 is 5.32 Å². The van der Waals surface area contributed by atoms with E-state index in [2.05, 4.69) is 15.2 Å². The molecule has 1 aromatic rings. The molecule has 0 radical (unpaired) electrons. The standard InChI is InChI=1S/C14H19N3O3S/c1-2-20-14(19)9-8-21-13(16-9)11-4-3-7-17(11)10-5-6-15-12(10)18/h8,10-11H,2-7H2,1H3,(H,15,18)/t10-,11-/m0/s1. The maximum Gasteiger partial charge on any atom is 0.357 e. The zero-order chi connectivity index (χ0) is 14.8. The quantitative estimate of drug-likeness (QED) is 0.850. The van der Waals surface area contributed by atoms with Gasteiger partial charge in [-0.3, -0.25) is 9.69 Å². The average molecular weight is 309 g/mol. The van der Waals surface area contributed by atoms with Gasteiger partial charge in [0.25, 0.3) is 0 Å². The predicted molar refractivity (Wildman–Crippen MR) is 78.2 cm³/mol. The Labute approximate surface area is 127 Å². The second kappa shape index (κ2) is 6.11. The largest absolute Gasteiger partial charge is 0.461 e. The highest BCUT2D eigenvalue weighted by Crippen LogP contribution is 2.36. The smallest absolute Gasteiger partial charge is 0.357 e. The van der Waals surface area contributed by atoms with E-state index in [0.717, 1.165) is 37.4 Å². The molecule has 1 amide bonds. The molecule has 0 spiro atoms. The first-order valence-electron chi connectivity index (χ1n) is 7.36. The van der Waals surface area contributed by atoms with Crippen molar-refractivity contribution in [2.75, 3.05) is 19.7 Å². The van der Waals surface area contributed by atoms with Crippen molar-refractivity contribution in [3.63, 3.8) is 0 Å². The lowest BCUT2D eigenvalue weighted by atomic mass is 10.1. The summed E-state index contributed by atoms with van der Waals surface area (Å²) in [6, 6.07) is 0.0967. The molecule has 2 aliphatic rings. The first-order chi connectivity index (χ1) is 10.2. The Bertz CT molecular complexity index is 545. The molecule has 1 aromatic heterocycles. The zero-order valence-electron chi connectivity index (χ0n) is 12.0. The van der Waals surface area contributed by atoms with Crippen LogP contribution in [0.15, 0.2) is 5.38 Å². The van der Waals surface area contributed by atoms with Gasteiger partial charge in [0.15, 0.2) is 5.69 Å². The monoisotopic (exact) mass is 309 g/mol. The summed E-state index contributed by atoms with van der Waals surface area (Å²) in [4.78, 5) is 30.3. The van der Waals surface area contributed by atoms with Crippen molar-refractivity contribution in [1.82, 2.24) is 15.2 Å². The number of nitrogens with one attached hydrogen (secondary N) is 1. The van der Waals surface area contributed by atoms with Gasteiger partial charge in [-0.1, -0.05) is 0 Å². The number of likely N-dealkylation sites (tertiary alicyclic amines) is 1. The molecule has 21 heavy (non-hydrogen) atoms. The molecule has 2 saturated heterocycles. The molecule has 2 aliphatic heterocycles. The first kappa shape index (κ1) is 14.5. The van der Waals surface area contributed by atoms with E-state index in [1.54, 1.807) is 12.3 Å². The summed E-state index contributed by atoms with van der Waals surface area (Å²) in [6.07, 6.45) is 2.90. The molecule has 0 saturated carbocycles. The van der Waals surface area contributed by atoms with E-state index in [1.807, 2.05) is 0 Å². The minimum atomic E-state index is -0.372. The van der Waals surface area contributed by atoms with Gasteiger partial charge in [-0.25, -0.2) is 9.78 Å². The van der Waals surface area contributed by atoms with Crippen molar-refractivity contribution in [3.05, 3.63) is 16.1 Å². The van der Waals surface area contributed by atoms with E-state index in [1.165, 1.54) is 11.3 Å². The SMILES string of the molecule is CCOC(=O)c1csc([C@@H]2CCCN2[C@H]2CCNC2=O)n1. The molecule has 0 aliphatic carbocycles. The molecular weight excluding hydrogens is 290 g/mol. The van der Waals surface area contributed by atoms with Crippen LogP contribution in [-0.4, -0.2) is 47.5 Å². The molecule has 1 N–H and O–H groups in total. The molecule has 2 fully saturated rings. The third-order valence-corrected chi connectivity index (χ3v) is 4.95. The Kier molecular flexibility index (Phi) is 4.21. The van der Waals surface area contributed by atoms with Crippen LogP contribution in [-0.2, 0) is 9.53 Å². The molecule has 7 heteroatoms. The maximum atomic E-state index is 11.9. The van der Waals surface area contributed by atoms with E-state index in [4.69, 9.17) is 4.74 Å². The highest BCUT2D eigenvalue weighted by molar-refractivity contribution is 7.09. The number of carbonyl (C=O) groups is 2. The molecular formula is C14H19N3O3S. The summed E-state index contributed by atoms with van der Waals surface area (Å²) >= 11 is 1.48. The summed E-state index contributed by atoms with van der Waals surface area (Å²) in [5.41, 5.74) is 0.375. The number of carbonyl (C=O) groups excluding carboxylic acids is 2. The number of thiazole rings is 1.